The minimum atomic E-state index is -4.66. The van der Waals surface area contributed by atoms with E-state index in [1.54, 1.807) is 0 Å². The van der Waals surface area contributed by atoms with E-state index in [0.717, 1.165) is 19.1 Å². The highest BCUT2D eigenvalue weighted by molar-refractivity contribution is 9.10. The molecule has 18 heavy (non-hydrogen) atoms. The number of nitrogens with one attached hydrogen (secondary N) is 2. The van der Waals surface area contributed by atoms with Gasteiger partial charge in [-0.1, -0.05) is 15.9 Å². The van der Waals surface area contributed by atoms with Gasteiger partial charge < -0.3 is 0 Å². The van der Waals surface area contributed by atoms with E-state index in [0.29, 0.717) is 0 Å². The number of carbonyl (C=O) groups is 2. The lowest BCUT2D eigenvalue weighted by Gasteiger charge is -2.13. The molecule has 0 atom stereocenters. The zero-order chi connectivity index (χ0) is 13.9. The van der Waals surface area contributed by atoms with Crippen LogP contribution in [0, 0.1) is 0 Å². The molecule has 0 aliphatic carbocycles. The van der Waals surface area contributed by atoms with Crippen molar-refractivity contribution in [2.24, 2.45) is 0 Å². The lowest BCUT2D eigenvalue weighted by molar-refractivity contribution is -0.138. The third kappa shape index (κ3) is 3.73. The number of benzene rings is 1. The molecule has 1 rings (SSSR count). The molecule has 0 aliphatic rings. The van der Waals surface area contributed by atoms with Gasteiger partial charge in [0, 0.05) is 11.4 Å². The fourth-order valence-electron chi connectivity index (χ4n) is 1.16. The zero-order valence-electron chi connectivity index (χ0n) is 9.06. The molecular weight excluding hydrogens is 317 g/mol. The monoisotopic (exact) mass is 324 g/mol. The third-order valence-electron chi connectivity index (χ3n) is 1.88. The van der Waals surface area contributed by atoms with Crippen molar-refractivity contribution in [3.8, 4) is 0 Å². The van der Waals surface area contributed by atoms with Crippen molar-refractivity contribution in [3.05, 3.63) is 33.8 Å². The van der Waals surface area contributed by atoms with E-state index in [2.05, 4.69) is 15.9 Å². The molecule has 8 heteroatoms. The van der Waals surface area contributed by atoms with Gasteiger partial charge in [0.2, 0.25) is 5.91 Å². The summed E-state index contributed by atoms with van der Waals surface area (Å²) in [5.74, 6) is -1.63. The highest BCUT2D eigenvalue weighted by Crippen LogP contribution is 2.33. The number of carbonyl (C=O) groups excluding carboxylic acids is 2. The van der Waals surface area contributed by atoms with Crippen molar-refractivity contribution in [2.45, 2.75) is 13.1 Å². The average molecular weight is 325 g/mol. The van der Waals surface area contributed by atoms with E-state index in [4.69, 9.17) is 0 Å². The lowest BCUT2D eigenvalue weighted by atomic mass is 10.1. The van der Waals surface area contributed by atoms with Crippen molar-refractivity contribution in [2.75, 3.05) is 0 Å². The van der Waals surface area contributed by atoms with Crippen molar-refractivity contribution >= 4 is 27.7 Å². The molecule has 2 N–H and O–H groups in total. The number of hydrogen-bond donors (Lipinski definition) is 2. The van der Waals surface area contributed by atoms with Crippen LogP contribution in [0.15, 0.2) is 22.7 Å². The van der Waals surface area contributed by atoms with Crippen LogP contribution < -0.4 is 10.9 Å². The van der Waals surface area contributed by atoms with Crippen LogP contribution >= 0.6 is 15.9 Å². The summed E-state index contributed by atoms with van der Waals surface area (Å²) < 4.78 is 38.3. The van der Waals surface area contributed by atoms with Crippen molar-refractivity contribution < 1.29 is 22.8 Å². The van der Waals surface area contributed by atoms with Gasteiger partial charge in [-0.15, -0.1) is 0 Å². The van der Waals surface area contributed by atoms with E-state index >= 15 is 0 Å². The van der Waals surface area contributed by atoms with Crippen LogP contribution in [0.2, 0.25) is 0 Å². The van der Waals surface area contributed by atoms with Gasteiger partial charge in [-0.05, 0) is 18.2 Å². The Bertz CT molecular complexity index is 489. The molecule has 0 fully saturated rings. The number of hydrazine groups is 1. The minimum absolute atomic E-state index is 0.200. The SMILES string of the molecule is CC(=O)NNC(=O)c1ccc(Br)cc1C(F)(F)F. The van der Waals surface area contributed by atoms with Gasteiger partial charge in [0.25, 0.3) is 5.91 Å². The number of halogens is 4. The Balaban J connectivity index is 3.08. The normalized spacial score (nSPS) is 10.9. The standard InChI is InChI=1S/C10H8BrF3N2O2/c1-5(17)15-16-9(18)7-3-2-6(11)4-8(7)10(12,13)14/h2-4H,1H3,(H,15,17)(H,16,18). The molecule has 98 valence electrons. The fraction of sp³-hybridized carbons (Fsp3) is 0.200. The molecule has 0 saturated carbocycles. The summed E-state index contributed by atoms with van der Waals surface area (Å²) in [6.07, 6.45) is -4.66. The second kappa shape index (κ2) is 5.38. The lowest BCUT2D eigenvalue weighted by Crippen LogP contribution is -2.41. The van der Waals surface area contributed by atoms with Gasteiger partial charge in [-0.25, -0.2) is 0 Å². The molecule has 0 bridgehead atoms. The maximum atomic E-state index is 12.7. The largest absolute Gasteiger partial charge is 0.417 e. The Morgan fingerprint density at radius 1 is 1.22 bits per heavy atom. The molecule has 0 aromatic heterocycles. The Morgan fingerprint density at radius 3 is 2.33 bits per heavy atom. The highest BCUT2D eigenvalue weighted by Gasteiger charge is 2.35. The van der Waals surface area contributed by atoms with Crippen molar-refractivity contribution in [1.29, 1.82) is 0 Å². The molecule has 0 spiro atoms. The second-order valence-corrected chi connectivity index (χ2v) is 4.24. The molecule has 1 aromatic rings. The molecule has 1 aromatic carbocycles. The summed E-state index contributed by atoms with van der Waals surface area (Å²) in [5, 5.41) is 0. The van der Waals surface area contributed by atoms with Gasteiger partial charge in [-0.3, -0.25) is 20.4 Å². The first-order chi connectivity index (χ1) is 8.21. The number of rotatable bonds is 1. The molecule has 2 amide bonds. The van der Waals surface area contributed by atoms with Gasteiger partial charge >= 0.3 is 6.18 Å². The van der Waals surface area contributed by atoms with Crippen molar-refractivity contribution in [3.63, 3.8) is 0 Å². The summed E-state index contributed by atoms with van der Waals surface area (Å²) in [6.45, 7) is 1.12. The van der Waals surface area contributed by atoms with Crippen LogP contribution in [-0.2, 0) is 11.0 Å². The van der Waals surface area contributed by atoms with Crippen LogP contribution in [0.25, 0.3) is 0 Å². The molecule has 0 unspecified atom stereocenters. The first-order valence-electron chi connectivity index (χ1n) is 4.65. The Labute approximate surface area is 109 Å². The first kappa shape index (κ1) is 14.5. The predicted molar refractivity (Wildman–Crippen MR) is 60.4 cm³/mol. The summed E-state index contributed by atoms with van der Waals surface area (Å²) in [4.78, 5) is 22.0. The van der Waals surface area contributed by atoms with Crippen LogP contribution in [0.1, 0.15) is 22.8 Å². The molecular formula is C10H8BrF3N2O2. The van der Waals surface area contributed by atoms with E-state index in [9.17, 15) is 22.8 Å². The quantitative estimate of drug-likeness (QED) is 0.778. The third-order valence-corrected chi connectivity index (χ3v) is 2.38. The fourth-order valence-corrected chi connectivity index (χ4v) is 1.52. The molecule has 0 saturated heterocycles. The molecule has 4 nitrogen and oxygen atoms in total. The Kier molecular flexibility index (Phi) is 4.33. The van der Waals surface area contributed by atoms with Crippen LogP contribution in [-0.4, -0.2) is 11.8 Å². The van der Waals surface area contributed by atoms with Crippen LogP contribution in [0.4, 0.5) is 13.2 Å². The maximum Gasteiger partial charge on any atom is 0.417 e. The Hall–Kier alpha value is -1.57. The van der Waals surface area contributed by atoms with E-state index in [1.165, 1.54) is 6.07 Å². The van der Waals surface area contributed by atoms with Crippen LogP contribution in [0.5, 0.6) is 0 Å². The van der Waals surface area contributed by atoms with Crippen molar-refractivity contribution in [1.82, 2.24) is 10.9 Å². The van der Waals surface area contributed by atoms with Gasteiger partial charge in [0.15, 0.2) is 0 Å². The average Bonchev–Trinajstić information content (AvgIpc) is 2.24. The smallest absolute Gasteiger partial charge is 0.274 e. The highest BCUT2D eigenvalue weighted by atomic mass is 79.9. The molecule has 0 aliphatic heterocycles. The van der Waals surface area contributed by atoms with E-state index in [-0.39, 0.29) is 4.47 Å². The maximum absolute atomic E-state index is 12.7. The minimum Gasteiger partial charge on any atom is -0.274 e. The van der Waals surface area contributed by atoms with E-state index in [1.807, 2.05) is 10.9 Å². The summed E-state index contributed by atoms with van der Waals surface area (Å²) in [6, 6.07) is 3.12. The number of amides is 2. The number of alkyl halides is 3. The van der Waals surface area contributed by atoms with Gasteiger partial charge in [-0.2, -0.15) is 13.2 Å². The second-order valence-electron chi connectivity index (χ2n) is 3.32. The van der Waals surface area contributed by atoms with Gasteiger partial charge in [0.05, 0.1) is 11.1 Å². The molecule has 0 heterocycles. The van der Waals surface area contributed by atoms with Crippen LogP contribution in [0.3, 0.4) is 0 Å². The van der Waals surface area contributed by atoms with Gasteiger partial charge in [0.1, 0.15) is 0 Å². The van der Waals surface area contributed by atoms with E-state index < -0.39 is 29.1 Å². The Morgan fingerprint density at radius 2 is 1.83 bits per heavy atom. The predicted octanol–water partition coefficient (Wildman–Crippen LogP) is 2.25. The number of hydrogen-bond acceptors (Lipinski definition) is 2. The summed E-state index contributed by atoms with van der Waals surface area (Å²) in [7, 11) is 0. The summed E-state index contributed by atoms with van der Waals surface area (Å²) in [5.41, 5.74) is 2.14. The first-order valence-corrected chi connectivity index (χ1v) is 5.45. The topological polar surface area (TPSA) is 58.2 Å². The summed E-state index contributed by atoms with van der Waals surface area (Å²) >= 11 is 2.90. The zero-order valence-corrected chi connectivity index (χ0v) is 10.6. The molecule has 0 radical (unpaired) electrons.